The molecule has 1 aliphatic rings. The number of nitrogens with zero attached hydrogens (tertiary/aromatic N) is 2. The Morgan fingerprint density at radius 3 is 2.89 bits per heavy atom. The molecule has 19 heavy (non-hydrogen) atoms. The highest BCUT2D eigenvalue weighted by Crippen LogP contribution is 2.22. The van der Waals surface area contributed by atoms with Crippen molar-refractivity contribution in [3.8, 4) is 0 Å². The minimum atomic E-state index is -0.452. The van der Waals surface area contributed by atoms with Crippen molar-refractivity contribution in [2.24, 2.45) is 0 Å². The number of nitrogens with one attached hydrogen (secondary N) is 1. The van der Waals surface area contributed by atoms with Gasteiger partial charge in [-0.3, -0.25) is 14.9 Å². The second kappa shape index (κ2) is 5.36. The molecular weight excluding hydrogens is 246 g/mol. The molecule has 0 aliphatic carbocycles. The predicted molar refractivity (Wildman–Crippen MR) is 71.2 cm³/mol. The molecular formula is C13H17N3O3. The van der Waals surface area contributed by atoms with Gasteiger partial charge in [0.2, 0.25) is 0 Å². The lowest BCUT2D eigenvalue weighted by molar-refractivity contribution is -0.385. The second-order valence-electron chi connectivity index (χ2n) is 4.81. The fraction of sp³-hybridized carbons (Fsp3) is 0.462. The Bertz CT molecular complexity index is 516. The Morgan fingerprint density at radius 2 is 2.26 bits per heavy atom. The number of hydrogen-bond acceptors (Lipinski definition) is 4. The average Bonchev–Trinajstić information content (AvgIpc) is 2.38. The number of nitro benzene ring substituents is 1. The molecule has 2 rings (SSSR count). The third-order valence-corrected chi connectivity index (χ3v) is 3.39. The molecule has 6 heteroatoms. The van der Waals surface area contributed by atoms with E-state index in [2.05, 4.69) is 5.32 Å². The summed E-state index contributed by atoms with van der Waals surface area (Å²) in [5, 5.41) is 14.2. The maximum atomic E-state index is 12.4. The SMILES string of the molecule is Cc1c(C(=O)N2CCNC(C)C2)cccc1[N+](=O)[O-]. The van der Waals surface area contributed by atoms with Crippen LogP contribution in [-0.2, 0) is 0 Å². The molecule has 1 unspecified atom stereocenters. The van der Waals surface area contributed by atoms with Gasteiger partial charge in [0.15, 0.2) is 0 Å². The molecule has 6 nitrogen and oxygen atoms in total. The summed E-state index contributed by atoms with van der Waals surface area (Å²) in [6, 6.07) is 4.88. The topological polar surface area (TPSA) is 75.5 Å². The number of piperazine rings is 1. The highest BCUT2D eigenvalue weighted by molar-refractivity contribution is 5.96. The van der Waals surface area contributed by atoms with E-state index in [9.17, 15) is 14.9 Å². The molecule has 0 aromatic heterocycles. The summed E-state index contributed by atoms with van der Waals surface area (Å²) in [7, 11) is 0. The van der Waals surface area contributed by atoms with Crippen molar-refractivity contribution in [3.05, 3.63) is 39.4 Å². The monoisotopic (exact) mass is 263 g/mol. The lowest BCUT2D eigenvalue weighted by Gasteiger charge is -2.32. The smallest absolute Gasteiger partial charge is 0.273 e. The quantitative estimate of drug-likeness (QED) is 0.645. The first-order valence-corrected chi connectivity index (χ1v) is 6.27. The first-order chi connectivity index (χ1) is 9.00. The van der Waals surface area contributed by atoms with Crippen LogP contribution in [0.25, 0.3) is 0 Å². The molecule has 1 atom stereocenters. The molecule has 0 bridgehead atoms. The standard InChI is InChI=1S/C13H17N3O3/c1-9-8-15(7-6-14-9)13(17)11-4-3-5-12(10(11)2)16(18)19/h3-5,9,14H,6-8H2,1-2H3. The van der Waals surface area contributed by atoms with E-state index in [1.165, 1.54) is 6.07 Å². The summed E-state index contributed by atoms with van der Waals surface area (Å²) in [5.74, 6) is -0.130. The fourth-order valence-corrected chi connectivity index (χ4v) is 2.34. The van der Waals surface area contributed by atoms with Gasteiger partial charge in [-0.25, -0.2) is 0 Å². The van der Waals surface area contributed by atoms with Gasteiger partial charge in [-0.1, -0.05) is 6.07 Å². The summed E-state index contributed by atoms with van der Waals surface area (Å²) in [4.78, 5) is 24.6. The summed E-state index contributed by atoms with van der Waals surface area (Å²) in [6.45, 7) is 5.64. The highest BCUT2D eigenvalue weighted by Gasteiger charge is 2.25. The zero-order valence-electron chi connectivity index (χ0n) is 11.0. The molecule has 0 spiro atoms. The minimum absolute atomic E-state index is 0.00553. The Kier molecular flexibility index (Phi) is 3.80. The number of hydrogen-bond donors (Lipinski definition) is 1. The van der Waals surface area contributed by atoms with Crippen LogP contribution in [-0.4, -0.2) is 41.4 Å². The third-order valence-electron chi connectivity index (χ3n) is 3.39. The molecule has 1 amide bonds. The van der Waals surface area contributed by atoms with Gasteiger partial charge < -0.3 is 10.2 Å². The molecule has 1 aromatic carbocycles. The van der Waals surface area contributed by atoms with Gasteiger partial charge in [-0.2, -0.15) is 0 Å². The van der Waals surface area contributed by atoms with E-state index in [0.717, 1.165) is 6.54 Å². The van der Waals surface area contributed by atoms with Crippen LogP contribution in [0.4, 0.5) is 5.69 Å². The summed E-state index contributed by atoms with van der Waals surface area (Å²) >= 11 is 0. The van der Waals surface area contributed by atoms with E-state index >= 15 is 0 Å². The van der Waals surface area contributed by atoms with E-state index in [0.29, 0.717) is 24.2 Å². The van der Waals surface area contributed by atoms with Crippen molar-refractivity contribution in [1.29, 1.82) is 0 Å². The van der Waals surface area contributed by atoms with Crippen LogP contribution in [0, 0.1) is 17.0 Å². The maximum Gasteiger partial charge on any atom is 0.273 e. The summed E-state index contributed by atoms with van der Waals surface area (Å²) in [5.41, 5.74) is 0.848. The highest BCUT2D eigenvalue weighted by atomic mass is 16.6. The molecule has 102 valence electrons. The Balaban J connectivity index is 2.28. The van der Waals surface area contributed by atoms with Crippen LogP contribution < -0.4 is 5.32 Å². The van der Waals surface area contributed by atoms with Gasteiger partial charge in [-0.15, -0.1) is 0 Å². The van der Waals surface area contributed by atoms with Gasteiger partial charge in [0.1, 0.15) is 0 Å². The van der Waals surface area contributed by atoms with Crippen molar-refractivity contribution in [2.45, 2.75) is 19.9 Å². The van der Waals surface area contributed by atoms with Gasteiger partial charge in [-0.05, 0) is 19.9 Å². The van der Waals surface area contributed by atoms with Crippen LogP contribution in [0.15, 0.2) is 18.2 Å². The fourth-order valence-electron chi connectivity index (χ4n) is 2.34. The van der Waals surface area contributed by atoms with E-state index in [4.69, 9.17) is 0 Å². The number of carbonyl (C=O) groups excluding carboxylic acids is 1. The number of rotatable bonds is 2. The normalized spacial score (nSPS) is 19.3. The number of benzene rings is 1. The van der Waals surface area contributed by atoms with Gasteiger partial charge in [0, 0.05) is 42.9 Å². The summed E-state index contributed by atoms with van der Waals surface area (Å²) < 4.78 is 0. The van der Waals surface area contributed by atoms with Gasteiger partial charge in [0.05, 0.1) is 4.92 Å². The number of carbonyl (C=O) groups is 1. The molecule has 1 heterocycles. The van der Waals surface area contributed by atoms with E-state index in [1.54, 1.807) is 24.0 Å². The van der Waals surface area contributed by atoms with E-state index < -0.39 is 4.92 Å². The van der Waals surface area contributed by atoms with Crippen molar-refractivity contribution < 1.29 is 9.72 Å². The molecule has 1 fully saturated rings. The van der Waals surface area contributed by atoms with Crippen molar-refractivity contribution in [1.82, 2.24) is 10.2 Å². The van der Waals surface area contributed by atoms with E-state index in [-0.39, 0.29) is 17.6 Å². The average molecular weight is 263 g/mol. The Hall–Kier alpha value is -1.95. The van der Waals surface area contributed by atoms with Crippen molar-refractivity contribution in [3.63, 3.8) is 0 Å². The Labute approximate surface area is 111 Å². The largest absolute Gasteiger partial charge is 0.336 e. The van der Waals surface area contributed by atoms with E-state index in [1.807, 2.05) is 6.92 Å². The molecule has 0 radical (unpaired) electrons. The zero-order valence-corrected chi connectivity index (χ0v) is 11.0. The predicted octanol–water partition coefficient (Wildman–Crippen LogP) is 1.34. The van der Waals surface area contributed by atoms with Gasteiger partial charge in [0.25, 0.3) is 11.6 Å². The zero-order chi connectivity index (χ0) is 14.0. The van der Waals surface area contributed by atoms with Crippen molar-refractivity contribution >= 4 is 11.6 Å². The molecule has 1 N–H and O–H groups in total. The van der Waals surface area contributed by atoms with Crippen LogP contribution >= 0.6 is 0 Å². The summed E-state index contributed by atoms with van der Waals surface area (Å²) in [6.07, 6.45) is 0. The van der Waals surface area contributed by atoms with Crippen molar-refractivity contribution in [2.75, 3.05) is 19.6 Å². The lowest BCUT2D eigenvalue weighted by Crippen LogP contribution is -2.51. The Morgan fingerprint density at radius 1 is 1.53 bits per heavy atom. The first kappa shape index (κ1) is 13.5. The van der Waals surface area contributed by atoms with Crippen LogP contribution in [0.1, 0.15) is 22.8 Å². The minimum Gasteiger partial charge on any atom is -0.336 e. The molecule has 1 aromatic rings. The van der Waals surface area contributed by atoms with Gasteiger partial charge >= 0.3 is 0 Å². The third kappa shape index (κ3) is 2.73. The van der Waals surface area contributed by atoms with Crippen LogP contribution in [0.2, 0.25) is 0 Å². The molecule has 1 aliphatic heterocycles. The maximum absolute atomic E-state index is 12.4. The second-order valence-corrected chi connectivity index (χ2v) is 4.81. The molecule has 1 saturated heterocycles. The number of amides is 1. The number of nitro groups is 1. The van der Waals surface area contributed by atoms with Crippen LogP contribution in [0.3, 0.4) is 0 Å². The molecule has 0 saturated carbocycles. The van der Waals surface area contributed by atoms with Crippen LogP contribution in [0.5, 0.6) is 0 Å². The first-order valence-electron chi connectivity index (χ1n) is 6.27. The lowest BCUT2D eigenvalue weighted by atomic mass is 10.0.